The zero-order valence-electron chi connectivity index (χ0n) is 10.7. The van der Waals surface area contributed by atoms with Gasteiger partial charge in [-0.1, -0.05) is 0 Å². The highest BCUT2D eigenvalue weighted by atomic mass is 16.5. The number of anilines is 1. The number of aromatic nitrogens is 1. The zero-order chi connectivity index (χ0) is 14.7. The lowest BCUT2D eigenvalue weighted by molar-refractivity contribution is -0.141. The summed E-state index contributed by atoms with van der Waals surface area (Å²) in [6.45, 7) is 0.859. The molecule has 1 aliphatic rings. The quantitative estimate of drug-likeness (QED) is 0.761. The van der Waals surface area contributed by atoms with Gasteiger partial charge in [0.05, 0.1) is 0 Å². The average Bonchev–Trinajstić information content (AvgIpc) is 2.42. The summed E-state index contributed by atoms with van der Waals surface area (Å²) in [5, 5.41) is 11.0. The Bertz CT molecular complexity index is 560. The van der Waals surface area contributed by atoms with Gasteiger partial charge in [0.1, 0.15) is 12.6 Å². The van der Waals surface area contributed by atoms with Gasteiger partial charge in [0, 0.05) is 6.20 Å². The van der Waals surface area contributed by atoms with Gasteiger partial charge in [-0.3, -0.25) is 19.3 Å². The fraction of sp³-hybridized carbons (Fsp3) is 0.333. The van der Waals surface area contributed by atoms with E-state index in [1.54, 1.807) is 12.1 Å². The molecular weight excluding hydrogens is 266 g/mol. The number of amides is 2. The van der Waals surface area contributed by atoms with E-state index in [1.807, 2.05) is 0 Å². The summed E-state index contributed by atoms with van der Waals surface area (Å²) in [6.07, 6.45) is 1.48. The van der Waals surface area contributed by atoms with E-state index in [0.717, 1.165) is 0 Å². The first-order chi connectivity index (χ1) is 9.49. The van der Waals surface area contributed by atoms with Crippen molar-refractivity contribution >= 4 is 23.6 Å². The van der Waals surface area contributed by atoms with E-state index in [2.05, 4.69) is 10.3 Å². The molecule has 2 rings (SSSR count). The number of carbonyl (C=O) groups excluding carboxylic acids is 2. The number of carboxylic acid groups (broad SMARTS) is 1. The van der Waals surface area contributed by atoms with Crippen molar-refractivity contribution in [1.82, 2.24) is 10.3 Å². The molecule has 0 spiro atoms. The van der Waals surface area contributed by atoms with Crippen molar-refractivity contribution < 1.29 is 24.2 Å². The Balaban J connectivity index is 2.11. The van der Waals surface area contributed by atoms with Crippen LogP contribution in [0.1, 0.15) is 6.92 Å². The molecule has 1 aromatic heterocycles. The molecule has 106 valence electrons. The number of aliphatic carboxylic acids is 1. The Hall–Kier alpha value is -2.64. The third-order valence-corrected chi connectivity index (χ3v) is 2.71. The fourth-order valence-corrected chi connectivity index (χ4v) is 1.69. The maximum absolute atomic E-state index is 11.8. The Kier molecular flexibility index (Phi) is 3.83. The lowest BCUT2D eigenvalue weighted by Crippen LogP contribution is -2.48. The minimum absolute atomic E-state index is 0.180. The van der Waals surface area contributed by atoms with Crippen molar-refractivity contribution in [2.24, 2.45) is 0 Å². The van der Waals surface area contributed by atoms with Crippen molar-refractivity contribution in [3.8, 4) is 5.75 Å². The first-order valence-electron chi connectivity index (χ1n) is 5.89. The summed E-state index contributed by atoms with van der Waals surface area (Å²) < 4.78 is 5.19. The Morgan fingerprint density at radius 3 is 3.05 bits per heavy atom. The molecule has 1 aliphatic heterocycles. The van der Waals surface area contributed by atoms with Crippen molar-refractivity contribution in [3.63, 3.8) is 0 Å². The molecule has 0 saturated heterocycles. The molecule has 1 atom stereocenters. The van der Waals surface area contributed by atoms with Crippen LogP contribution in [0.5, 0.6) is 5.75 Å². The van der Waals surface area contributed by atoms with Gasteiger partial charge in [-0.2, -0.15) is 0 Å². The van der Waals surface area contributed by atoms with Gasteiger partial charge >= 0.3 is 5.97 Å². The minimum atomic E-state index is -1.15. The lowest BCUT2D eigenvalue weighted by Gasteiger charge is -2.27. The van der Waals surface area contributed by atoms with Crippen LogP contribution in [0.4, 0.5) is 5.82 Å². The van der Waals surface area contributed by atoms with Crippen LogP contribution in [0.3, 0.4) is 0 Å². The van der Waals surface area contributed by atoms with Gasteiger partial charge in [-0.15, -0.1) is 0 Å². The predicted molar refractivity (Wildman–Crippen MR) is 67.3 cm³/mol. The minimum Gasteiger partial charge on any atom is -0.480 e. The molecule has 0 aliphatic carbocycles. The summed E-state index contributed by atoms with van der Waals surface area (Å²) in [6, 6.07) is 2.26. The van der Waals surface area contributed by atoms with Gasteiger partial charge in [-0.05, 0) is 19.1 Å². The molecule has 0 radical (unpaired) electrons. The van der Waals surface area contributed by atoms with Gasteiger partial charge in [0.2, 0.25) is 5.91 Å². The smallest absolute Gasteiger partial charge is 0.325 e. The number of nitrogens with one attached hydrogen (secondary N) is 1. The first kappa shape index (κ1) is 13.8. The molecule has 8 nitrogen and oxygen atoms in total. The average molecular weight is 279 g/mol. The van der Waals surface area contributed by atoms with Crippen LogP contribution in [0.25, 0.3) is 0 Å². The highest BCUT2D eigenvalue weighted by molar-refractivity contribution is 6.01. The van der Waals surface area contributed by atoms with Crippen molar-refractivity contribution in [2.75, 3.05) is 18.1 Å². The predicted octanol–water partition coefficient (Wildman–Crippen LogP) is -0.604. The van der Waals surface area contributed by atoms with E-state index in [9.17, 15) is 14.4 Å². The third-order valence-electron chi connectivity index (χ3n) is 2.71. The van der Waals surface area contributed by atoms with Crippen molar-refractivity contribution in [2.45, 2.75) is 13.0 Å². The van der Waals surface area contributed by atoms with Crippen molar-refractivity contribution in [3.05, 3.63) is 18.3 Å². The molecule has 0 fully saturated rings. The van der Waals surface area contributed by atoms with E-state index < -0.39 is 23.8 Å². The van der Waals surface area contributed by atoms with Crippen LogP contribution in [-0.4, -0.2) is 47.1 Å². The lowest BCUT2D eigenvalue weighted by atomic mass is 10.3. The molecule has 0 aromatic carbocycles. The number of carbonyl (C=O) groups is 3. The van der Waals surface area contributed by atoms with Gasteiger partial charge in [-0.25, -0.2) is 4.98 Å². The summed E-state index contributed by atoms with van der Waals surface area (Å²) in [5.74, 6) is -1.47. The zero-order valence-corrected chi connectivity index (χ0v) is 10.7. The van der Waals surface area contributed by atoms with Crippen LogP contribution < -0.4 is 15.0 Å². The molecule has 0 saturated carbocycles. The van der Waals surface area contributed by atoms with Crippen molar-refractivity contribution in [1.29, 1.82) is 0 Å². The van der Waals surface area contributed by atoms with Gasteiger partial charge in [0.25, 0.3) is 5.91 Å². The second-order valence-corrected chi connectivity index (χ2v) is 4.22. The topological polar surface area (TPSA) is 109 Å². The van der Waals surface area contributed by atoms with E-state index in [4.69, 9.17) is 9.84 Å². The molecule has 2 amide bonds. The summed E-state index contributed by atoms with van der Waals surface area (Å²) >= 11 is 0. The number of hydrogen-bond donors (Lipinski definition) is 2. The van der Waals surface area contributed by atoms with E-state index in [0.29, 0.717) is 5.75 Å². The van der Waals surface area contributed by atoms with Crippen LogP contribution in [0.15, 0.2) is 18.3 Å². The van der Waals surface area contributed by atoms with E-state index in [1.165, 1.54) is 18.0 Å². The largest absolute Gasteiger partial charge is 0.480 e. The third kappa shape index (κ3) is 2.85. The number of pyridine rings is 1. The number of hydrogen-bond acceptors (Lipinski definition) is 5. The molecule has 2 N–H and O–H groups in total. The molecule has 2 heterocycles. The monoisotopic (exact) mass is 279 g/mol. The molecule has 1 unspecified atom stereocenters. The summed E-state index contributed by atoms with van der Waals surface area (Å²) in [4.78, 5) is 39.4. The Labute approximate surface area is 114 Å². The first-order valence-corrected chi connectivity index (χ1v) is 5.89. The maximum Gasteiger partial charge on any atom is 0.325 e. The van der Waals surface area contributed by atoms with Crippen LogP contribution in [-0.2, 0) is 14.4 Å². The molecule has 0 bridgehead atoms. The van der Waals surface area contributed by atoms with Crippen LogP contribution in [0.2, 0.25) is 0 Å². The van der Waals surface area contributed by atoms with Crippen LogP contribution in [0, 0.1) is 0 Å². The maximum atomic E-state index is 11.8. The Morgan fingerprint density at radius 2 is 2.35 bits per heavy atom. The van der Waals surface area contributed by atoms with E-state index >= 15 is 0 Å². The standard InChI is InChI=1S/C12H13N3O5/c1-7(12(18)19)14-9(16)5-15-10(17)6-20-8-3-2-4-13-11(8)15/h2-4,7H,5-6H2,1H3,(H,14,16)(H,18,19). The van der Waals surface area contributed by atoms with Gasteiger partial charge in [0.15, 0.2) is 18.2 Å². The van der Waals surface area contributed by atoms with Gasteiger partial charge < -0.3 is 15.2 Å². The van der Waals surface area contributed by atoms with Crippen LogP contribution >= 0.6 is 0 Å². The highest BCUT2D eigenvalue weighted by Gasteiger charge is 2.29. The number of ether oxygens (including phenoxy) is 1. The number of carboxylic acids is 1. The summed E-state index contributed by atoms with van der Waals surface area (Å²) in [7, 11) is 0. The second-order valence-electron chi connectivity index (χ2n) is 4.22. The normalized spacial score (nSPS) is 15.1. The number of rotatable bonds is 4. The van der Waals surface area contributed by atoms with E-state index in [-0.39, 0.29) is 19.0 Å². The number of fused-ring (bicyclic) bond motifs is 1. The Morgan fingerprint density at radius 1 is 1.60 bits per heavy atom. The number of nitrogens with zero attached hydrogens (tertiary/aromatic N) is 2. The molecule has 1 aromatic rings. The molecule has 8 heteroatoms. The summed E-state index contributed by atoms with van der Waals surface area (Å²) in [5.41, 5.74) is 0. The highest BCUT2D eigenvalue weighted by Crippen LogP contribution is 2.28. The SMILES string of the molecule is CC(NC(=O)CN1C(=O)COc2cccnc21)C(=O)O. The molecule has 20 heavy (non-hydrogen) atoms. The molecular formula is C12H13N3O5. The fourth-order valence-electron chi connectivity index (χ4n) is 1.69. The second kappa shape index (κ2) is 5.55.